The first kappa shape index (κ1) is 17.5. The summed E-state index contributed by atoms with van der Waals surface area (Å²) < 4.78 is 9.89. The van der Waals surface area contributed by atoms with Crippen molar-refractivity contribution in [1.82, 2.24) is 5.32 Å². The van der Waals surface area contributed by atoms with Crippen molar-refractivity contribution in [3.05, 3.63) is 23.7 Å². The van der Waals surface area contributed by atoms with Crippen molar-refractivity contribution in [3.8, 4) is 0 Å². The summed E-state index contributed by atoms with van der Waals surface area (Å²) in [4.78, 5) is 23.0. The summed E-state index contributed by atoms with van der Waals surface area (Å²) >= 11 is 0. The molecule has 0 fully saturated rings. The number of furan rings is 1. The molecule has 1 atom stereocenters. The third-order valence-electron chi connectivity index (χ3n) is 2.37. The molecule has 0 aliphatic carbocycles. The lowest BCUT2D eigenvalue weighted by Crippen LogP contribution is -2.32. The number of carbonyl (C=O) groups is 2. The molecule has 108 valence electrons. The number of esters is 1. The van der Waals surface area contributed by atoms with Crippen molar-refractivity contribution >= 4 is 24.3 Å². The molecule has 0 saturated heterocycles. The van der Waals surface area contributed by atoms with E-state index in [4.69, 9.17) is 14.9 Å². The summed E-state index contributed by atoms with van der Waals surface area (Å²) in [6, 6.07) is 1.57. The van der Waals surface area contributed by atoms with Crippen LogP contribution in [-0.4, -0.2) is 25.0 Å². The fourth-order valence-electron chi connectivity index (χ4n) is 1.32. The van der Waals surface area contributed by atoms with Gasteiger partial charge in [-0.05, 0) is 13.0 Å². The fourth-order valence-corrected chi connectivity index (χ4v) is 1.32. The smallest absolute Gasteiger partial charge is 0.310 e. The molecule has 6 nitrogen and oxygen atoms in total. The van der Waals surface area contributed by atoms with E-state index in [1.807, 2.05) is 0 Å². The van der Waals surface area contributed by atoms with Crippen LogP contribution in [0.4, 0.5) is 0 Å². The third-order valence-corrected chi connectivity index (χ3v) is 2.37. The molecule has 19 heavy (non-hydrogen) atoms. The number of hydrogen-bond donors (Lipinski definition) is 2. The molecule has 7 heteroatoms. The van der Waals surface area contributed by atoms with Crippen LogP contribution in [0.15, 0.2) is 16.7 Å². The fraction of sp³-hybridized carbons (Fsp3) is 0.500. The predicted octanol–water partition coefficient (Wildman–Crippen LogP) is 1.09. The molecule has 3 N–H and O–H groups in total. The van der Waals surface area contributed by atoms with Crippen LogP contribution in [0.3, 0.4) is 0 Å². The lowest BCUT2D eigenvalue weighted by molar-refractivity contribution is -0.147. The lowest BCUT2D eigenvalue weighted by atomic mass is 10.2. The number of nitrogens with two attached hydrogens (primary N) is 1. The van der Waals surface area contributed by atoms with Gasteiger partial charge >= 0.3 is 5.97 Å². The summed E-state index contributed by atoms with van der Waals surface area (Å²) in [6.45, 7) is 4.23. The van der Waals surface area contributed by atoms with Gasteiger partial charge in [-0.1, -0.05) is 6.92 Å². The van der Waals surface area contributed by atoms with E-state index in [9.17, 15) is 9.59 Å². The van der Waals surface area contributed by atoms with E-state index >= 15 is 0 Å². The molecule has 0 aliphatic rings. The second-order valence-electron chi connectivity index (χ2n) is 3.87. The Kier molecular flexibility index (Phi) is 7.86. The summed E-state index contributed by atoms with van der Waals surface area (Å²) in [7, 11) is 0. The Balaban J connectivity index is 0.00000324. The highest BCUT2D eigenvalue weighted by Gasteiger charge is 2.16. The molecule has 0 radical (unpaired) electrons. The van der Waals surface area contributed by atoms with Crippen molar-refractivity contribution < 1.29 is 18.7 Å². The van der Waals surface area contributed by atoms with Gasteiger partial charge in [0.1, 0.15) is 12.0 Å². The summed E-state index contributed by atoms with van der Waals surface area (Å²) in [5.41, 5.74) is 5.77. The standard InChI is InChI=1S/C12H18N2O4.ClH/c1-3-17-12(16)8(2)6-14-11(15)9-4-10(5-13)18-7-9;/h4,7-8H,3,5-6,13H2,1-2H3,(H,14,15);1H. The van der Waals surface area contributed by atoms with E-state index in [0.29, 0.717) is 17.9 Å². The van der Waals surface area contributed by atoms with Crippen molar-refractivity contribution in [1.29, 1.82) is 0 Å². The number of amides is 1. The van der Waals surface area contributed by atoms with E-state index in [1.165, 1.54) is 6.26 Å². The summed E-state index contributed by atoms with van der Waals surface area (Å²) in [5, 5.41) is 2.63. The van der Waals surface area contributed by atoms with Gasteiger partial charge < -0.3 is 20.2 Å². The van der Waals surface area contributed by atoms with Crippen LogP contribution < -0.4 is 11.1 Å². The van der Waals surface area contributed by atoms with E-state index in [-0.39, 0.29) is 43.3 Å². The maximum absolute atomic E-state index is 11.7. The van der Waals surface area contributed by atoms with Crippen LogP contribution >= 0.6 is 12.4 Å². The van der Waals surface area contributed by atoms with Crippen LogP contribution in [0.25, 0.3) is 0 Å². The van der Waals surface area contributed by atoms with Crippen molar-refractivity contribution in [2.75, 3.05) is 13.2 Å². The first-order valence-electron chi connectivity index (χ1n) is 5.80. The average molecular weight is 291 g/mol. The second kappa shape index (κ2) is 8.55. The first-order chi connectivity index (χ1) is 8.58. The normalized spacial score (nSPS) is 11.3. The van der Waals surface area contributed by atoms with Crippen LogP contribution in [-0.2, 0) is 16.1 Å². The number of halogens is 1. The minimum Gasteiger partial charge on any atom is -0.467 e. The highest BCUT2D eigenvalue weighted by Crippen LogP contribution is 2.07. The summed E-state index contributed by atoms with van der Waals surface area (Å²) in [5.74, 6) is -0.462. The van der Waals surface area contributed by atoms with Gasteiger partial charge in [-0.25, -0.2) is 0 Å². The van der Waals surface area contributed by atoms with Gasteiger partial charge in [0.15, 0.2) is 0 Å². The number of carbonyl (C=O) groups excluding carboxylic acids is 2. The Morgan fingerprint density at radius 2 is 2.21 bits per heavy atom. The minimum absolute atomic E-state index is 0. The van der Waals surface area contributed by atoms with Crippen molar-refractivity contribution in [2.45, 2.75) is 20.4 Å². The zero-order valence-electron chi connectivity index (χ0n) is 11.0. The van der Waals surface area contributed by atoms with E-state index in [1.54, 1.807) is 19.9 Å². The highest BCUT2D eigenvalue weighted by molar-refractivity contribution is 5.94. The van der Waals surface area contributed by atoms with E-state index < -0.39 is 0 Å². The predicted molar refractivity (Wildman–Crippen MR) is 72.0 cm³/mol. The van der Waals surface area contributed by atoms with Gasteiger partial charge in [-0.3, -0.25) is 9.59 Å². The first-order valence-corrected chi connectivity index (χ1v) is 5.80. The number of nitrogens with one attached hydrogen (secondary N) is 1. The van der Waals surface area contributed by atoms with Crippen LogP contribution in [0.5, 0.6) is 0 Å². The zero-order valence-corrected chi connectivity index (χ0v) is 11.8. The largest absolute Gasteiger partial charge is 0.467 e. The van der Waals surface area contributed by atoms with Crippen LogP contribution in [0, 0.1) is 5.92 Å². The monoisotopic (exact) mass is 290 g/mol. The van der Waals surface area contributed by atoms with Crippen molar-refractivity contribution in [3.63, 3.8) is 0 Å². The molecule has 0 aromatic carbocycles. The average Bonchev–Trinajstić information content (AvgIpc) is 2.84. The second-order valence-corrected chi connectivity index (χ2v) is 3.87. The van der Waals surface area contributed by atoms with E-state index in [0.717, 1.165) is 0 Å². The molecule has 1 aromatic rings. The molecule has 1 aromatic heterocycles. The third kappa shape index (κ3) is 5.32. The van der Waals surface area contributed by atoms with Gasteiger partial charge in [0.05, 0.1) is 24.6 Å². The Labute approximate surface area is 118 Å². The van der Waals surface area contributed by atoms with Gasteiger partial charge in [-0.15, -0.1) is 12.4 Å². The minimum atomic E-state index is -0.380. The van der Waals surface area contributed by atoms with Gasteiger partial charge in [0, 0.05) is 6.54 Å². The Morgan fingerprint density at radius 1 is 1.53 bits per heavy atom. The summed E-state index contributed by atoms with van der Waals surface area (Å²) in [6.07, 6.45) is 1.34. The molecule has 1 heterocycles. The van der Waals surface area contributed by atoms with E-state index in [2.05, 4.69) is 5.32 Å². The molecular formula is C12H19ClN2O4. The van der Waals surface area contributed by atoms with Gasteiger partial charge in [-0.2, -0.15) is 0 Å². The Hall–Kier alpha value is -1.53. The molecule has 0 aliphatic heterocycles. The topological polar surface area (TPSA) is 94.6 Å². The highest BCUT2D eigenvalue weighted by atomic mass is 35.5. The number of rotatable bonds is 6. The van der Waals surface area contributed by atoms with Gasteiger partial charge in [0.2, 0.25) is 0 Å². The maximum atomic E-state index is 11.7. The molecule has 1 amide bonds. The molecule has 0 saturated carbocycles. The zero-order chi connectivity index (χ0) is 13.5. The molecule has 0 bridgehead atoms. The quantitative estimate of drug-likeness (QED) is 0.765. The Morgan fingerprint density at radius 3 is 2.74 bits per heavy atom. The Bertz CT molecular complexity index is 420. The molecule has 0 spiro atoms. The SMILES string of the molecule is CCOC(=O)C(C)CNC(=O)c1coc(CN)c1.Cl. The number of hydrogen-bond acceptors (Lipinski definition) is 5. The molecule has 1 unspecified atom stereocenters. The molecule has 1 rings (SSSR count). The van der Waals surface area contributed by atoms with Crippen LogP contribution in [0.2, 0.25) is 0 Å². The number of ether oxygens (including phenoxy) is 1. The van der Waals surface area contributed by atoms with Crippen LogP contribution in [0.1, 0.15) is 30.0 Å². The molecular weight excluding hydrogens is 272 g/mol. The van der Waals surface area contributed by atoms with Crippen molar-refractivity contribution in [2.24, 2.45) is 11.7 Å². The lowest BCUT2D eigenvalue weighted by Gasteiger charge is -2.10. The van der Waals surface area contributed by atoms with Gasteiger partial charge in [0.25, 0.3) is 5.91 Å². The maximum Gasteiger partial charge on any atom is 0.310 e.